The quantitative estimate of drug-likeness (QED) is 0.835. The van der Waals surface area contributed by atoms with Crippen molar-refractivity contribution in [2.75, 3.05) is 44.6 Å². The van der Waals surface area contributed by atoms with Crippen molar-refractivity contribution >= 4 is 17.3 Å². The molecular formula is C20H23FN2O4. The highest BCUT2D eigenvalue weighted by Gasteiger charge is 2.20. The first-order chi connectivity index (χ1) is 13.1. The highest BCUT2D eigenvalue weighted by atomic mass is 19.1. The van der Waals surface area contributed by atoms with Crippen LogP contribution in [0.4, 0.5) is 15.8 Å². The Balaban J connectivity index is 1.83. The Kier molecular flexibility index (Phi) is 5.69. The summed E-state index contributed by atoms with van der Waals surface area (Å²) in [7, 11) is 4.45. The van der Waals surface area contributed by atoms with Crippen molar-refractivity contribution < 1.29 is 23.4 Å². The largest absolute Gasteiger partial charge is 0.496 e. The Morgan fingerprint density at radius 2 is 1.59 bits per heavy atom. The maximum Gasteiger partial charge on any atom is 0.259 e. The molecule has 0 bridgehead atoms. The van der Waals surface area contributed by atoms with E-state index in [0.717, 1.165) is 25.9 Å². The number of nitrogens with zero attached hydrogens (tertiary/aromatic N) is 1. The van der Waals surface area contributed by atoms with E-state index in [1.165, 1.54) is 33.5 Å². The van der Waals surface area contributed by atoms with E-state index in [2.05, 4.69) is 5.32 Å². The van der Waals surface area contributed by atoms with Crippen LogP contribution < -0.4 is 24.4 Å². The van der Waals surface area contributed by atoms with Gasteiger partial charge in [0.2, 0.25) is 0 Å². The molecule has 27 heavy (non-hydrogen) atoms. The van der Waals surface area contributed by atoms with Crippen LogP contribution in [0.2, 0.25) is 0 Å². The van der Waals surface area contributed by atoms with Gasteiger partial charge in [0.15, 0.2) is 11.5 Å². The van der Waals surface area contributed by atoms with Crippen molar-refractivity contribution in [1.82, 2.24) is 0 Å². The second-order valence-electron chi connectivity index (χ2n) is 6.22. The van der Waals surface area contributed by atoms with Crippen LogP contribution in [0.1, 0.15) is 23.2 Å². The first kappa shape index (κ1) is 18.8. The third-order valence-corrected chi connectivity index (χ3v) is 4.60. The average molecular weight is 374 g/mol. The molecule has 1 fully saturated rings. The van der Waals surface area contributed by atoms with E-state index < -0.39 is 5.91 Å². The summed E-state index contributed by atoms with van der Waals surface area (Å²) >= 11 is 0. The number of methoxy groups -OCH3 is 3. The third kappa shape index (κ3) is 3.92. The Bertz CT molecular complexity index is 835. The Morgan fingerprint density at radius 1 is 0.963 bits per heavy atom. The van der Waals surface area contributed by atoms with Gasteiger partial charge in [0.05, 0.1) is 32.6 Å². The molecule has 7 heteroatoms. The molecule has 1 heterocycles. The summed E-state index contributed by atoms with van der Waals surface area (Å²) in [5, 5.41) is 2.71. The predicted molar refractivity (Wildman–Crippen MR) is 102 cm³/mol. The number of nitrogens with one attached hydrogen (secondary N) is 1. The van der Waals surface area contributed by atoms with Gasteiger partial charge in [-0.3, -0.25) is 4.79 Å². The lowest BCUT2D eigenvalue weighted by molar-refractivity contribution is 0.102. The average Bonchev–Trinajstić information content (AvgIpc) is 3.21. The van der Waals surface area contributed by atoms with Crippen LogP contribution in [0.25, 0.3) is 0 Å². The number of carbonyl (C=O) groups excluding carboxylic acids is 1. The molecule has 0 radical (unpaired) electrons. The monoisotopic (exact) mass is 374 g/mol. The van der Waals surface area contributed by atoms with Gasteiger partial charge in [-0.15, -0.1) is 0 Å². The lowest BCUT2D eigenvalue weighted by Crippen LogP contribution is -2.19. The van der Waals surface area contributed by atoms with E-state index >= 15 is 0 Å². The van der Waals surface area contributed by atoms with Gasteiger partial charge in [-0.1, -0.05) is 0 Å². The van der Waals surface area contributed by atoms with Crippen LogP contribution in [0, 0.1) is 5.82 Å². The predicted octanol–water partition coefficient (Wildman–Crippen LogP) is 3.70. The lowest BCUT2D eigenvalue weighted by Gasteiger charge is -2.19. The van der Waals surface area contributed by atoms with Crippen molar-refractivity contribution in [3.8, 4) is 17.2 Å². The van der Waals surface area contributed by atoms with Crippen molar-refractivity contribution in [1.29, 1.82) is 0 Å². The van der Waals surface area contributed by atoms with Gasteiger partial charge in [-0.2, -0.15) is 0 Å². The van der Waals surface area contributed by atoms with Crippen LogP contribution in [-0.2, 0) is 0 Å². The highest BCUT2D eigenvalue weighted by Crippen LogP contribution is 2.35. The molecule has 2 aromatic rings. The maximum absolute atomic E-state index is 14.5. The zero-order chi connectivity index (χ0) is 19.4. The summed E-state index contributed by atoms with van der Waals surface area (Å²) in [6.45, 7) is 1.71. The minimum absolute atomic E-state index is 0.263. The zero-order valence-electron chi connectivity index (χ0n) is 15.7. The molecule has 2 aromatic carbocycles. The summed E-state index contributed by atoms with van der Waals surface area (Å²) in [4.78, 5) is 14.7. The molecule has 1 aliphatic heterocycles. The molecule has 1 N–H and O–H groups in total. The summed E-state index contributed by atoms with van der Waals surface area (Å²) in [5.74, 6) is 0.403. The molecular weight excluding hydrogens is 351 g/mol. The van der Waals surface area contributed by atoms with Crippen molar-refractivity contribution in [2.45, 2.75) is 12.8 Å². The van der Waals surface area contributed by atoms with Crippen LogP contribution in [0.15, 0.2) is 30.3 Å². The molecule has 0 spiro atoms. The number of hydrogen-bond donors (Lipinski definition) is 1. The van der Waals surface area contributed by atoms with Gasteiger partial charge < -0.3 is 24.4 Å². The number of carbonyl (C=O) groups is 1. The first-order valence-corrected chi connectivity index (χ1v) is 8.73. The van der Waals surface area contributed by atoms with Crippen molar-refractivity contribution in [2.24, 2.45) is 0 Å². The molecule has 6 nitrogen and oxygen atoms in total. The molecule has 0 saturated carbocycles. The van der Waals surface area contributed by atoms with Gasteiger partial charge in [0, 0.05) is 30.9 Å². The van der Waals surface area contributed by atoms with E-state index in [1.807, 2.05) is 4.90 Å². The number of amides is 1. The third-order valence-electron chi connectivity index (χ3n) is 4.60. The number of benzene rings is 2. The van der Waals surface area contributed by atoms with Gasteiger partial charge in [0.25, 0.3) is 5.91 Å². The lowest BCUT2D eigenvalue weighted by atomic mass is 10.1. The van der Waals surface area contributed by atoms with Gasteiger partial charge in [-0.05, 0) is 31.0 Å². The second-order valence-corrected chi connectivity index (χ2v) is 6.22. The smallest absolute Gasteiger partial charge is 0.259 e. The first-order valence-electron chi connectivity index (χ1n) is 8.73. The fourth-order valence-electron chi connectivity index (χ4n) is 3.20. The molecule has 1 saturated heterocycles. The summed E-state index contributed by atoms with van der Waals surface area (Å²) in [5.41, 5.74) is 1.20. The van der Waals surface area contributed by atoms with Gasteiger partial charge in [0.1, 0.15) is 11.6 Å². The molecule has 0 aliphatic carbocycles. The van der Waals surface area contributed by atoms with E-state index in [9.17, 15) is 9.18 Å². The van der Waals surface area contributed by atoms with Crippen LogP contribution in [-0.4, -0.2) is 40.3 Å². The van der Waals surface area contributed by atoms with E-state index in [-0.39, 0.29) is 11.4 Å². The van der Waals surface area contributed by atoms with E-state index in [1.54, 1.807) is 18.2 Å². The zero-order valence-corrected chi connectivity index (χ0v) is 15.7. The number of anilines is 2. The molecule has 0 unspecified atom stereocenters. The van der Waals surface area contributed by atoms with Crippen LogP contribution >= 0.6 is 0 Å². The second kappa shape index (κ2) is 8.16. The SMILES string of the molecule is COc1cc(OC)c(C(=O)Nc2ccc(N3CCCC3)c(F)c2)cc1OC. The summed E-state index contributed by atoms with van der Waals surface area (Å²) < 4.78 is 30.2. The molecule has 0 atom stereocenters. The number of rotatable bonds is 6. The Hall–Kier alpha value is -2.96. The van der Waals surface area contributed by atoms with Crippen LogP contribution in [0.5, 0.6) is 17.2 Å². The maximum atomic E-state index is 14.5. The Labute approximate surface area is 157 Å². The normalized spacial score (nSPS) is 13.4. The van der Waals surface area contributed by atoms with Crippen LogP contribution in [0.3, 0.4) is 0 Å². The summed E-state index contributed by atoms with van der Waals surface area (Å²) in [6, 6.07) is 7.83. The molecule has 3 rings (SSSR count). The summed E-state index contributed by atoms with van der Waals surface area (Å²) in [6.07, 6.45) is 2.13. The molecule has 1 aliphatic rings. The topological polar surface area (TPSA) is 60.0 Å². The molecule has 144 valence electrons. The van der Waals surface area contributed by atoms with Crippen molar-refractivity contribution in [3.05, 3.63) is 41.7 Å². The van der Waals surface area contributed by atoms with E-state index in [0.29, 0.717) is 28.6 Å². The van der Waals surface area contributed by atoms with Gasteiger partial charge >= 0.3 is 0 Å². The standard InChI is InChI=1S/C20H23FN2O4/c1-25-17-12-19(27-3)18(26-2)11-14(17)20(24)22-13-6-7-16(15(21)10-13)23-8-4-5-9-23/h6-7,10-12H,4-5,8-9H2,1-3H3,(H,22,24). The molecule has 1 amide bonds. The number of ether oxygens (including phenoxy) is 3. The number of halogens is 1. The van der Waals surface area contributed by atoms with Gasteiger partial charge in [-0.25, -0.2) is 4.39 Å². The fourth-order valence-corrected chi connectivity index (χ4v) is 3.20. The minimum Gasteiger partial charge on any atom is -0.496 e. The Morgan fingerprint density at radius 3 is 2.19 bits per heavy atom. The highest BCUT2D eigenvalue weighted by molar-refractivity contribution is 6.06. The fraction of sp³-hybridized carbons (Fsp3) is 0.350. The van der Waals surface area contributed by atoms with E-state index in [4.69, 9.17) is 14.2 Å². The molecule has 0 aromatic heterocycles. The number of hydrogen-bond acceptors (Lipinski definition) is 5. The minimum atomic E-state index is -0.430. The van der Waals surface area contributed by atoms with Crippen molar-refractivity contribution in [3.63, 3.8) is 0 Å².